The van der Waals surface area contributed by atoms with E-state index in [9.17, 15) is 0 Å². The van der Waals surface area contributed by atoms with Crippen molar-refractivity contribution in [1.29, 1.82) is 0 Å². The fourth-order valence-electron chi connectivity index (χ4n) is 0. The van der Waals surface area contributed by atoms with Crippen LogP contribution in [0.2, 0.25) is 19.6 Å². The summed E-state index contributed by atoms with van der Waals surface area (Å²) in [5, 5.41) is 0. The Morgan fingerprint density at radius 1 is 1.00 bits per heavy atom. The van der Waals surface area contributed by atoms with Crippen molar-refractivity contribution < 1.29 is 36.0 Å². The van der Waals surface area contributed by atoms with Crippen molar-refractivity contribution in [2.75, 3.05) is 0 Å². The molecule has 0 unspecified atom stereocenters. The third-order valence-corrected chi connectivity index (χ3v) is 0. The zero-order valence-corrected chi connectivity index (χ0v) is 9.48. The molecular formula is C3H9NiSiZn. The van der Waals surface area contributed by atoms with E-state index in [1.165, 1.54) is 0 Å². The summed E-state index contributed by atoms with van der Waals surface area (Å²) < 4.78 is 0. The van der Waals surface area contributed by atoms with Gasteiger partial charge in [-0.05, 0) is 0 Å². The molecule has 0 nitrogen and oxygen atoms in total. The maximum atomic E-state index is 2.27. The molecule has 0 rings (SSSR count). The minimum Gasteiger partial charge on any atom is -0.0715 e. The van der Waals surface area contributed by atoms with Crippen LogP contribution < -0.4 is 0 Å². The van der Waals surface area contributed by atoms with Crippen molar-refractivity contribution in [3.05, 3.63) is 0 Å². The van der Waals surface area contributed by atoms with Crippen molar-refractivity contribution in [3.63, 3.8) is 0 Å². The predicted octanol–water partition coefficient (Wildman–Crippen LogP) is 1.37. The summed E-state index contributed by atoms with van der Waals surface area (Å²) in [6, 6.07) is 0. The summed E-state index contributed by atoms with van der Waals surface area (Å²) >= 11 is 0. The number of hydrogen-bond donors (Lipinski definition) is 0. The van der Waals surface area contributed by atoms with E-state index in [-0.39, 0.29) is 44.8 Å². The Morgan fingerprint density at radius 2 is 1.00 bits per heavy atom. The van der Waals surface area contributed by atoms with Gasteiger partial charge in [0.25, 0.3) is 0 Å². The summed E-state index contributed by atoms with van der Waals surface area (Å²) in [5.41, 5.74) is 0. The predicted molar refractivity (Wildman–Crippen MR) is 23.3 cm³/mol. The first-order valence-corrected chi connectivity index (χ1v) is 4.50. The summed E-state index contributed by atoms with van der Waals surface area (Å²) in [6.07, 6.45) is 0. The van der Waals surface area contributed by atoms with E-state index < -0.39 is 0 Å². The van der Waals surface area contributed by atoms with Crippen molar-refractivity contribution in [1.82, 2.24) is 0 Å². The molecule has 37 valence electrons. The Morgan fingerprint density at radius 3 is 1.00 bits per heavy atom. The summed E-state index contributed by atoms with van der Waals surface area (Å²) in [7, 11) is 0.120. The molecule has 1 radical (unpaired) electrons. The van der Waals surface area contributed by atoms with Gasteiger partial charge in [0.2, 0.25) is 0 Å². The van der Waals surface area contributed by atoms with Gasteiger partial charge in [0.1, 0.15) is 0 Å². The SMILES string of the molecule is C[Si](C)C.[Ni].[Zn]. The van der Waals surface area contributed by atoms with E-state index in [1.807, 2.05) is 0 Å². The van der Waals surface area contributed by atoms with E-state index in [0.29, 0.717) is 0 Å². The molecule has 0 saturated carbocycles. The topological polar surface area (TPSA) is 0 Å². The largest absolute Gasteiger partial charge is 0.0715 e. The second-order valence-electron chi connectivity index (χ2n) is 1.50. The molecule has 0 heterocycles. The minimum absolute atomic E-state index is 0. The summed E-state index contributed by atoms with van der Waals surface area (Å²) in [5.74, 6) is 0. The van der Waals surface area contributed by atoms with Crippen LogP contribution in [0.5, 0.6) is 0 Å². The quantitative estimate of drug-likeness (QED) is 0.514. The van der Waals surface area contributed by atoms with Crippen LogP contribution in [-0.2, 0) is 36.0 Å². The fraction of sp³-hybridized carbons (Fsp3) is 1.00. The molecule has 0 N–H and O–H groups in total. The maximum Gasteiger partial charge on any atom is 0.0379 e. The summed E-state index contributed by atoms with van der Waals surface area (Å²) in [6.45, 7) is 6.81. The standard InChI is InChI=1S/C3H9Si.Ni.Zn/c1-4(2)3;;/h1-3H3;;. The Kier molecular flexibility index (Phi) is 25.0. The van der Waals surface area contributed by atoms with Crippen molar-refractivity contribution in [2.45, 2.75) is 19.6 Å². The van der Waals surface area contributed by atoms with Gasteiger partial charge in [0.15, 0.2) is 0 Å². The average Bonchev–Trinajstić information content (AvgIpc) is 0.811. The molecule has 0 amide bonds. The zero-order valence-electron chi connectivity index (χ0n) is 4.52. The Labute approximate surface area is 64.4 Å². The maximum absolute atomic E-state index is 2.27. The van der Waals surface area contributed by atoms with Gasteiger partial charge < -0.3 is 0 Å². The first kappa shape index (κ1) is 15.7. The molecule has 6 heavy (non-hydrogen) atoms. The molecule has 0 bridgehead atoms. The van der Waals surface area contributed by atoms with Crippen LogP contribution in [0.4, 0.5) is 0 Å². The van der Waals surface area contributed by atoms with Crippen LogP contribution in [0, 0.1) is 0 Å². The van der Waals surface area contributed by atoms with E-state index in [2.05, 4.69) is 19.6 Å². The fourth-order valence-corrected chi connectivity index (χ4v) is 0. The van der Waals surface area contributed by atoms with Gasteiger partial charge in [0, 0.05) is 44.8 Å². The van der Waals surface area contributed by atoms with E-state index in [4.69, 9.17) is 0 Å². The summed E-state index contributed by atoms with van der Waals surface area (Å²) in [4.78, 5) is 0. The second-order valence-corrected chi connectivity index (χ2v) is 4.50. The number of hydrogen-bond acceptors (Lipinski definition) is 0. The third kappa shape index (κ3) is 56.3. The third-order valence-electron chi connectivity index (χ3n) is 0. The molecule has 0 aromatic carbocycles. The van der Waals surface area contributed by atoms with Gasteiger partial charge in [-0.2, -0.15) is 0 Å². The first-order chi connectivity index (χ1) is 1.73. The van der Waals surface area contributed by atoms with Crippen LogP contribution in [0.25, 0.3) is 0 Å². The van der Waals surface area contributed by atoms with Crippen molar-refractivity contribution in [3.8, 4) is 0 Å². The van der Waals surface area contributed by atoms with Crippen LogP contribution >= 0.6 is 0 Å². The van der Waals surface area contributed by atoms with Gasteiger partial charge in [0.05, 0.1) is 0 Å². The van der Waals surface area contributed by atoms with Crippen molar-refractivity contribution >= 4 is 8.80 Å². The van der Waals surface area contributed by atoms with Crippen LogP contribution in [-0.4, -0.2) is 8.80 Å². The zero-order chi connectivity index (χ0) is 3.58. The molecule has 0 aliphatic heterocycles. The minimum atomic E-state index is 0. The van der Waals surface area contributed by atoms with Crippen LogP contribution in [0.3, 0.4) is 0 Å². The van der Waals surface area contributed by atoms with Gasteiger partial charge in [-0.25, -0.2) is 0 Å². The Bertz CT molecular complexity index is 15.5. The Hall–Kier alpha value is 1.33. The van der Waals surface area contributed by atoms with E-state index >= 15 is 0 Å². The first-order valence-electron chi connectivity index (χ1n) is 1.50. The smallest absolute Gasteiger partial charge is 0.0379 e. The normalized spacial score (nSPS) is 6.00. The molecule has 0 aromatic rings. The Balaban J connectivity index is -0.0000000450. The molecule has 0 aliphatic carbocycles. The van der Waals surface area contributed by atoms with E-state index in [1.54, 1.807) is 0 Å². The second kappa shape index (κ2) is 9.59. The molecule has 0 aliphatic rings. The van der Waals surface area contributed by atoms with Gasteiger partial charge >= 0.3 is 0 Å². The van der Waals surface area contributed by atoms with Crippen molar-refractivity contribution in [2.24, 2.45) is 0 Å². The molecule has 3 heteroatoms. The van der Waals surface area contributed by atoms with Crippen LogP contribution in [0.1, 0.15) is 0 Å². The molecular weight excluding hydrogens is 188 g/mol. The van der Waals surface area contributed by atoms with Crippen LogP contribution in [0.15, 0.2) is 0 Å². The van der Waals surface area contributed by atoms with E-state index in [0.717, 1.165) is 0 Å². The average molecular weight is 197 g/mol. The molecule has 0 atom stereocenters. The molecule has 0 fully saturated rings. The monoisotopic (exact) mass is 195 g/mol. The van der Waals surface area contributed by atoms with Gasteiger partial charge in [-0.15, -0.1) is 0 Å². The number of rotatable bonds is 0. The molecule has 0 spiro atoms. The van der Waals surface area contributed by atoms with Gasteiger partial charge in [-0.1, -0.05) is 19.6 Å². The molecule has 0 saturated heterocycles. The van der Waals surface area contributed by atoms with Gasteiger partial charge in [-0.3, -0.25) is 0 Å². The molecule has 0 aromatic heterocycles.